The molecule has 0 aliphatic carbocycles. The van der Waals surface area contributed by atoms with Crippen LogP contribution >= 0.6 is 0 Å². The summed E-state index contributed by atoms with van der Waals surface area (Å²) in [6.45, 7) is 1.91. The van der Waals surface area contributed by atoms with Crippen LogP contribution in [-0.2, 0) is 0 Å². The van der Waals surface area contributed by atoms with Crippen molar-refractivity contribution in [1.29, 1.82) is 5.26 Å². The molecule has 1 atom stereocenters. The van der Waals surface area contributed by atoms with Gasteiger partial charge in [-0.1, -0.05) is 0 Å². The monoisotopic (exact) mass is 236 g/mol. The number of nitrogens with zero attached hydrogens (tertiary/aromatic N) is 2. The molecule has 17 heavy (non-hydrogen) atoms. The molecule has 1 rings (SSSR count). The molecular weight excluding hydrogens is 223 g/mol. The van der Waals surface area contributed by atoms with E-state index >= 15 is 0 Å². The second-order valence-corrected chi connectivity index (χ2v) is 3.88. The number of halogens is 1. The van der Waals surface area contributed by atoms with Crippen molar-refractivity contribution in [1.82, 2.24) is 4.90 Å². The number of amides is 1. The molecule has 0 spiro atoms. The van der Waals surface area contributed by atoms with Crippen molar-refractivity contribution >= 4 is 5.91 Å². The maximum Gasteiger partial charge on any atom is 0.256 e. The number of carbonyl (C=O) groups excluding carboxylic acids is 1. The van der Waals surface area contributed by atoms with Crippen LogP contribution in [0, 0.1) is 23.1 Å². The third kappa shape index (κ3) is 3.18. The number of hydrogen-bond donors (Lipinski definition) is 1. The number of nitriles is 1. The van der Waals surface area contributed by atoms with Crippen molar-refractivity contribution in [3.63, 3.8) is 0 Å². The van der Waals surface area contributed by atoms with Crippen LogP contribution in [0.15, 0.2) is 18.2 Å². The number of phenolic OH excluding ortho intramolecular Hbond substituents is 1. The molecule has 0 radical (unpaired) electrons. The molecule has 1 aromatic carbocycles. The molecule has 0 saturated carbocycles. The van der Waals surface area contributed by atoms with E-state index in [1.54, 1.807) is 6.92 Å². The van der Waals surface area contributed by atoms with Gasteiger partial charge in [-0.2, -0.15) is 5.26 Å². The van der Waals surface area contributed by atoms with E-state index in [1.807, 2.05) is 6.07 Å². The number of phenols is 1. The van der Waals surface area contributed by atoms with Gasteiger partial charge < -0.3 is 10.0 Å². The van der Waals surface area contributed by atoms with Crippen LogP contribution < -0.4 is 0 Å². The Labute approximate surface area is 98.9 Å². The SMILES string of the molecule is CC(C#N)CN(C)C(=O)c1ccc(O)cc1F. The van der Waals surface area contributed by atoms with Crippen LogP contribution in [0.5, 0.6) is 5.75 Å². The number of carbonyl (C=O) groups is 1. The summed E-state index contributed by atoms with van der Waals surface area (Å²) in [4.78, 5) is 13.1. The number of benzene rings is 1. The summed E-state index contributed by atoms with van der Waals surface area (Å²) in [5.74, 6) is -1.83. The molecule has 0 aliphatic heterocycles. The maximum absolute atomic E-state index is 13.4. The van der Waals surface area contributed by atoms with E-state index in [0.717, 1.165) is 6.07 Å². The van der Waals surface area contributed by atoms with E-state index < -0.39 is 11.7 Å². The zero-order chi connectivity index (χ0) is 13.0. The van der Waals surface area contributed by atoms with E-state index in [9.17, 15) is 9.18 Å². The minimum atomic E-state index is -0.772. The molecule has 0 heterocycles. The van der Waals surface area contributed by atoms with Gasteiger partial charge in [0.2, 0.25) is 0 Å². The third-order valence-electron chi connectivity index (χ3n) is 2.30. The lowest BCUT2D eigenvalue weighted by Crippen LogP contribution is -2.31. The first kappa shape index (κ1) is 13.0. The minimum absolute atomic E-state index is 0.115. The Bertz CT molecular complexity index is 468. The van der Waals surface area contributed by atoms with E-state index in [4.69, 9.17) is 10.4 Å². The topological polar surface area (TPSA) is 64.3 Å². The van der Waals surface area contributed by atoms with Crippen molar-refractivity contribution in [3.05, 3.63) is 29.6 Å². The van der Waals surface area contributed by atoms with Gasteiger partial charge in [-0.3, -0.25) is 4.79 Å². The van der Waals surface area contributed by atoms with Crippen LogP contribution in [0.25, 0.3) is 0 Å². The van der Waals surface area contributed by atoms with Crippen molar-refractivity contribution < 1.29 is 14.3 Å². The van der Waals surface area contributed by atoms with E-state index in [1.165, 1.54) is 24.1 Å². The predicted octanol–water partition coefficient (Wildman–Crippen LogP) is 1.76. The molecule has 90 valence electrons. The Morgan fingerprint density at radius 2 is 2.29 bits per heavy atom. The fraction of sp³-hybridized carbons (Fsp3) is 0.333. The van der Waals surface area contributed by atoms with Gasteiger partial charge in [0.05, 0.1) is 17.6 Å². The van der Waals surface area contributed by atoms with Crippen molar-refractivity contribution in [3.8, 4) is 11.8 Å². The molecule has 4 nitrogen and oxygen atoms in total. The maximum atomic E-state index is 13.4. The van der Waals surface area contributed by atoms with Gasteiger partial charge in [0.25, 0.3) is 5.91 Å². The second kappa shape index (κ2) is 5.30. The standard InChI is InChI=1S/C12H13FN2O2/c1-8(6-14)7-15(2)12(17)10-4-3-9(16)5-11(10)13/h3-5,8,16H,7H2,1-2H3. The molecule has 5 heteroatoms. The lowest BCUT2D eigenvalue weighted by molar-refractivity contribution is 0.0780. The highest BCUT2D eigenvalue weighted by Crippen LogP contribution is 2.16. The summed E-state index contributed by atoms with van der Waals surface area (Å²) < 4.78 is 13.4. The smallest absolute Gasteiger partial charge is 0.256 e. The van der Waals surface area contributed by atoms with Crippen LogP contribution in [0.2, 0.25) is 0 Å². The van der Waals surface area contributed by atoms with Gasteiger partial charge in [0.15, 0.2) is 0 Å². The largest absolute Gasteiger partial charge is 0.508 e. The van der Waals surface area contributed by atoms with Gasteiger partial charge in [0, 0.05) is 19.7 Å². The van der Waals surface area contributed by atoms with Gasteiger partial charge in [-0.25, -0.2) is 4.39 Å². The Kier molecular flexibility index (Phi) is 4.05. The normalized spacial score (nSPS) is 11.6. The highest BCUT2D eigenvalue weighted by atomic mass is 19.1. The summed E-state index contributed by atoms with van der Waals surface area (Å²) >= 11 is 0. The first-order valence-corrected chi connectivity index (χ1v) is 5.09. The Hall–Kier alpha value is -2.09. The van der Waals surface area contributed by atoms with Crippen LogP contribution in [-0.4, -0.2) is 29.5 Å². The third-order valence-corrected chi connectivity index (χ3v) is 2.30. The molecule has 0 aliphatic rings. The van der Waals surface area contributed by atoms with Crippen LogP contribution in [0.4, 0.5) is 4.39 Å². The fourth-order valence-corrected chi connectivity index (χ4v) is 1.42. The van der Waals surface area contributed by atoms with Crippen LogP contribution in [0.3, 0.4) is 0 Å². The van der Waals surface area contributed by atoms with Crippen molar-refractivity contribution in [2.75, 3.05) is 13.6 Å². The lowest BCUT2D eigenvalue weighted by Gasteiger charge is -2.18. The van der Waals surface area contributed by atoms with Crippen molar-refractivity contribution in [2.45, 2.75) is 6.92 Å². The van der Waals surface area contributed by atoms with E-state index in [-0.39, 0.29) is 23.8 Å². The van der Waals surface area contributed by atoms with Gasteiger partial charge in [-0.15, -0.1) is 0 Å². The molecule has 1 N–H and O–H groups in total. The van der Waals surface area contributed by atoms with Crippen LogP contribution in [0.1, 0.15) is 17.3 Å². The van der Waals surface area contributed by atoms with E-state index in [2.05, 4.69) is 0 Å². The Balaban J connectivity index is 2.86. The molecule has 1 aromatic rings. The molecule has 1 amide bonds. The summed E-state index contributed by atoms with van der Waals surface area (Å²) in [6.07, 6.45) is 0. The highest BCUT2D eigenvalue weighted by molar-refractivity contribution is 5.94. The summed E-state index contributed by atoms with van der Waals surface area (Å²) in [5.41, 5.74) is -0.115. The first-order chi connectivity index (χ1) is 7.95. The summed E-state index contributed by atoms with van der Waals surface area (Å²) in [6, 6.07) is 5.35. The highest BCUT2D eigenvalue weighted by Gasteiger charge is 2.17. The molecule has 0 saturated heterocycles. The number of aromatic hydroxyl groups is 1. The average molecular weight is 236 g/mol. The zero-order valence-electron chi connectivity index (χ0n) is 9.64. The van der Waals surface area contributed by atoms with Gasteiger partial charge >= 0.3 is 0 Å². The van der Waals surface area contributed by atoms with Gasteiger partial charge in [-0.05, 0) is 19.1 Å². The lowest BCUT2D eigenvalue weighted by atomic mass is 10.1. The average Bonchev–Trinajstić information content (AvgIpc) is 2.28. The summed E-state index contributed by atoms with van der Waals surface area (Å²) in [5, 5.41) is 17.7. The Morgan fingerprint density at radius 1 is 1.65 bits per heavy atom. The predicted molar refractivity (Wildman–Crippen MR) is 59.8 cm³/mol. The zero-order valence-corrected chi connectivity index (χ0v) is 9.64. The minimum Gasteiger partial charge on any atom is -0.508 e. The molecule has 0 fully saturated rings. The van der Waals surface area contributed by atoms with Gasteiger partial charge in [0.1, 0.15) is 11.6 Å². The van der Waals surface area contributed by atoms with E-state index in [0.29, 0.717) is 0 Å². The number of rotatable bonds is 3. The molecule has 1 unspecified atom stereocenters. The number of hydrogen-bond acceptors (Lipinski definition) is 3. The quantitative estimate of drug-likeness (QED) is 0.869. The summed E-state index contributed by atoms with van der Waals surface area (Å²) in [7, 11) is 1.50. The molecule has 0 aromatic heterocycles. The second-order valence-electron chi connectivity index (χ2n) is 3.88. The Morgan fingerprint density at radius 3 is 2.82 bits per heavy atom. The fourth-order valence-electron chi connectivity index (χ4n) is 1.42. The van der Waals surface area contributed by atoms with Crippen molar-refractivity contribution in [2.24, 2.45) is 5.92 Å². The first-order valence-electron chi connectivity index (χ1n) is 5.09. The molecular formula is C12H13FN2O2. The molecule has 0 bridgehead atoms.